The predicted molar refractivity (Wildman–Crippen MR) is 91.3 cm³/mol. The van der Waals surface area contributed by atoms with Crippen molar-refractivity contribution in [3.63, 3.8) is 0 Å². The number of rotatable bonds is 7. The number of carbonyl (C=O) groups excluding carboxylic acids is 1. The maximum absolute atomic E-state index is 12.4. The summed E-state index contributed by atoms with van der Waals surface area (Å²) in [5.41, 5.74) is 1.03. The van der Waals surface area contributed by atoms with E-state index < -0.39 is 0 Å². The van der Waals surface area contributed by atoms with Gasteiger partial charge in [0.2, 0.25) is 5.91 Å². The van der Waals surface area contributed by atoms with Crippen LogP contribution >= 0.6 is 0 Å². The number of carbonyl (C=O) groups is 1. The van der Waals surface area contributed by atoms with Gasteiger partial charge in [-0.25, -0.2) is 9.97 Å². The van der Waals surface area contributed by atoms with Crippen molar-refractivity contribution in [1.29, 1.82) is 0 Å². The van der Waals surface area contributed by atoms with Crippen LogP contribution < -0.4 is 10.2 Å². The highest BCUT2D eigenvalue weighted by Gasteiger charge is 2.17. The highest BCUT2D eigenvalue weighted by Crippen LogP contribution is 2.17. The van der Waals surface area contributed by atoms with Crippen molar-refractivity contribution in [1.82, 2.24) is 19.9 Å². The van der Waals surface area contributed by atoms with Crippen molar-refractivity contribution in [2.24, 2.45) is 0 Å². The van der Waals surface area contributed by atoms with Gasteiger partial charge >= 0.3 is 0 Å². The number of hydrogen-bond acceptors (Lipinski definition) is 4. The first-order valence-electron chi connectivity index (χ1n) is 8.04. The molecule has 1 N–H and O–H groups in total. The summed E-state index contributed by atoms with van der Waals surface area (Å²) in [6, 6.07) is 3.62. The fraction of sp³-hybridized carbons (Fsp3) is 0.471. The van der Waals surface area contributed by atoms with E-state index in [1.807, 2.05) is 36.7 Å². The molecule has 0 aliphatic rings. The Morgan fingerprint density at radius 2 is 2.04 bits per heavy atom. The number of imidazole rings is 1. The molecular formula is C17H25N5O. The smallest absolute Gasteiger partial charge is 0.243 e. The summed E-state index contributed by atoms with van der Waals surface area (Å²) >= 11 is 0. The standard InChI is InChI=1S/C17H25N5O/c1-5-21(6-2)16-15(8-7-9-19-16)12-20-17(23)13(3)22-11-10-18-14(22)4/h7-11,13H,5-6,12H2,1-4H3,(H,20,23)/t13-/m0/s1. The average Bonchev–Trinajstić information content (AvgIpc) is 3.00. The van der Waals surface area contributed by atoms with Gasteiger partial charge in [-0.05, 0) is 33.8 Å². The molecule has 0 fully saturated rings. The highest BCUT2D eigenvalue weighted by molar-refractivity contribution is 5.80. The van der Waals surface area contributed by atoms with Crippen LogP contribution in [0.2, 0.25) is 0 Å². The number of aryl methyl sites for hydroxylation is 1. The van der Waals surface area contributed by atoms with Crippen molar-refractivity contribution in [3.8, 4) is 0 Å². The third-order valence-corrected chi connectivity index (χ3v) is 4.04. The normalized spacial score (nSPS) is 12.0. The molecule has 6 heteroatoms. The van der Waals surface area contributed by atoms with E-state index in [0.717, 1.165) is 30.3 Å². The molecule has 0 aromatic carbocycles. The minimum Gasteiger partial charge on any atom is -0.357 e. The molecule has 6 nitrogen and oxygen atoms in total. The molecule has 2 aromatic heterocycles. The molecular weight excluding hydrogens is 290 g/mol. The summed E-state index contributed by atoms with van der Waals surface area (Å²) in [7, 11) is 0. The second kappa shape index (κ2) is 7.76. The quantitative estimate of drug-likeness (QED) is 0.851. The SMILES string of the molecule is CCN(CC)c1ncccc1CNC(=O)[C@H](C)n1ccnc1C. The summed E-state index contributed by atoms with van der Waals surface area (Å²) in [4.78, 5) is 23.2. The zero-order valence-electron chi connectivity index (χ0n) is 14.3. The van der Waals surface area contributed by atoms with E-state index in [2.05, 4.69) is 34.0 Å². The molecule has 0 unspecified atom stereocenters. The lowest BCUT2D eigenvalue weighted by molar-refractivity contribution is -0.124. The van der Waals surface area contributed by atoms with Crippen LogP contribution in [-0.2, 0) is 11.3 Å². The molecule has 124 valence electrons. The van der Waals surface area contributed by atoms with Crippen LogP contribution in [0, 0.1) is 6.92 Å². The van der Waals surface area contributed by atoms with Crippen LogP contribution in [0.4, 0.5) is 5.82 Å². The van der Waals surface area contributed by atoms with E-state index in [0.29, 0.717) is 6.54 Å². The van der Waals surface area contributed by atoms with Crippen LogP contribution in [0.15, 0.2) is 30.7 Å². The van der Waals surface area contributed by atoms with Crippen molar-refractivity contribution in [2.45, 2.75) is 40.3 Å². The zero-order chi connectivity index (χ0) is 16.8. The minimum absolute atomic E-state index is 0.0274. The maximum Gasteiger partial charge on any atom is 0.243 e. The lowest BCUT2D eigenvalue weighted by Gasteiger charge is -2.23. The summed E-state index contributed by atoms with van der Waals surface area (Å²) in [5, 5.41) is 3.00. The molecule has 0 radical (unpaired) electrons. The monoisotopic (exact) mass is 315 g/mol. The summed E-state index contributed by atoms with van der Waals surface area (Å²) in [6.07, 6.45) is 5.32. The van der Waals surface area contributed by atoms with E-state index in [9.17, 15) is 4.79 Å². The Bertz CT molecular complexity index is 648. The Morgan fingerprint density at radius 3 is 2.65 bits per heavy atom. The lowest BCUT2D eigenvalue weighted by Crippen LogP contribution is -2.32. The third kappa shape index (κ3) is 3.88. The average molecular weight is 315 g/mol. The number of nitrogens with one attached hydrogen (secondary N) is 1. The Kier molecular flexibility index (Phi) is 5.73. The van der Waals surface area contributed by atoms with Gasteiger partial charge in [0.05, 0.1) is 0 Å². The van der Waals surface area contributed by atoms with Gasteiger partial charge < -0.3 is 14.8 Å². The van der Waals surface area contributed by atoms with Crippen molar-refractivity contribution in [3.05, 3.63) is 42.1 Å². The van der Waals surface area contributed by atoms with E-state index >= 15 is 0 Å². The van der Waals surface area contributed by atoms with Gasteiger partial charge in [-0.2, -0.15) is 0 Å². The van der Waals surface area contributed by atoms with E-state index in [4.69, 9.17) is 0 Å². The van der Waals surface area contributed by atoms with Crippen molar-refractivity contribution in [2.75, 3.05) is 18.0 Å². The van der Waals surface area contributed by atoms with E-state index in [1.165, 1.54) is 0 Å². The molecule has 0 bridgehead atoms. The summed E-state index contributed by atoms with van der Waals surface area (Å²) in [5.74, 6) is 1.74. The molecule has 0 saturated heterocycles. The molecule has 0 saturated carbocycles. The fourth-order valence-electron chi connectivity index (χ4n) is 2.63. The fourth-order valence-corrected chi connectivity index (χ4v) is 2.63. The lowest BCUT2D eigenvalue weighted by atomic mass is 10.2. The van der Waals surface area contributed by atoms with Gasteiger partial charge in [0, 0.05) is 43.8 Å². The molecule has 0 aliphatic heterocycles. The summed E-state index contributed by atoms with van der Waals surface area (Å²) in [6.45, 7) is 10.2. The van der Waals surface area contributed by atoms with Crippen molar-refractivity contribution >= 4 is 11.7 Å². The van der Waals surface area contributed by atoms with Crippen LogP contribution in [0.5, 0.6) is 0 Å². The molecule has 2 rings (SSSR count). The van der Waals surface area contributed by atoms with Crippen LogP contribution in [0.1, 0.15) is 38.2 Å². The second-order valence-corrected chi connectivity index (χ2v) is 5.43. The first kappa shape index (κ1) is 17.0. The number of pyridine rings is 1. The predicted octanol–water partition coefficient (Wildman–Crippen LogP) is 2.31. The zero-order valence-corrected chi connectivity index (χ0v) is 14.3. The van der Waals surface area contributed by atoms with Gasteiger partial charge in [-0.15, -0.1) is 0 Å². The van der Waals surface area contributed by atoms with E-state index in [-0.39, 0.29) is 11.9 Å². The van der Waals surface area contributed by atoms with Crippen molar-refractivity contribution < 1.29 is 4.79 Å². The molecule has 23 heavy (non-hydrogen) atoms. The highest BCUT2D eigenvalue weighted by atomic mass is 16.2. The Labute approximate surface area is 137 Å². The Hall–Kier alpha value is -2.37. The number of anilines is 1. The summed E-state index contributed by atoms with van der Waals surface area (Å²) < 4.78 is 1.86. The molecule has 1 atom stereocenters. The number of hydrogen-bond donors (Lipinski definition) is 1. The minimum atomic E-state index is -0.286. The van der Waals surface area contributed by atoms with Gasteiger partial charge in [-0.3, -0.25) is 4.79 Å². The second-order valence-electron chi connectivity index (χ2n) is 5.43. The van der Waals surface area contributed by atoms with Crippen LogP contribution in [0.3, 0.4) is 0 Å². The Balaban J connectivity index is 2.06. The number of nitrogens with zero attached hydrogens (tertiary/aromatic N) is 4. The third-order valence-electron chi connectivity index (χ3n) is 4.04. The van der Waals surface area contributed by atoms with Crippen LogP contribution in [-0.4, -0.2) is 33.5 Å². The number of aromatic nitrogens is 3. The Morgan fingerprint density at radius 1 is 1.30 bits per heavy atom. The van der Waals surface area contributed by atoms with Crippen LogP contribution in [0.25, 0.3) is 0 Å². The van der Waals surface area contributed by atoms with Gasteiger partial charge in [0.15, 0.2) is 0 Å². The largest absolute Gasteiger partial charge is 0.357 e. The molecule has 0 aliphatic carbocycles. The molecule has 1 amide bonds. The topological polar surface area (TPSA) is 63.1 Å². The number of amides is 1. The van der Waals surface area contributed by atoms with E-state index in [1.54, 1.807) is 12.4 Å². The first-order valence-corrected chi connectivity index (χ1v) is 8.04. The maximum atomic E-state index is 12.4. The van der Waals surface area contributed by atoms with Gasteiger partial charge in [0.25, 0.3) is 0 Å². The van der Waals surface area contributed by atoms with Gasteiger partial charge in [0.1, 0.15) is 17.7 Å². The molecule has 2 heterocycles. The van der Waals surface area contributed by atoms with Gasteiger partial charge in [-0.1, -0.05) is 6.07 Å². The molecule has 0 spiro atoms. The first-order chi connectivity index (χ1) is 11.1. The molecule has 2 aromatic rings.